The van der Waals surface area contributed by atoms with Gasteiger partial charge in [-0.05, 0) is 62.2 Å². The Kier molecular flexibility index (Phi) is 16.9. The van der Waals surface area contributed by atoms with Gasteiger partial charge in [0.1, 0.15) is 12.2 Å². The third-order valence-electron chi connectivity index (χ3n) is 12.1. The molecule has 0 amide bonds. The molecule has 3 saturated heterocycles. The first kappa shape index (κ1) is 44.0. The van der Waals surface area contributed by atoms with Crippen LogP contribution in [0, 0.1) is 44.2 Å². The second-order valence-electron chi connectivity index (χ2n) is 14.2. The summed E-state index contributed by atoms with van der Waals surface area (Å²) in [7, 11) is -9.89. The monoisotopic (exact) mass is 756 g/mol. The van der Waals surface area contributed by atoms with Crippen molar-refractivity contribution in [2.45, 2.75) is 181 Å². The van der Waals surface area contributed by atoms with Crippen molar-refractivity contribution in [2.75, 3.05) is 0 Å². The van der Waals surface area contributed by atoms with Crippen LogP contribution in [0.5, 0.6) is 0 Å². The van der Waals surface area contributed by atoms with Crippen LogP contribution in [0.1, 0.15) is 132 Å². The van der Waals surface area contributed by atoms with Crippen molar-refractivity contribution in [1.82, 2.24) is 0 Å². The molecule has 5 heterocycles. The highest BCUT2D eigenvalue weighted by molar-refractivity contribution is 5.30. The zero-order valence-corrected chi connectivity index (χ0v) is 32.7. The lowest BCUT2D eigenvalue weighted by atomic mass is 9.78. The summed E-state index contributed by atoms with van der Waals surface area (Å²) in [6, 6.07) is 0. The van der Waals surface area contributed by atoms with Crippen LogP contribution in [0.25, 0.3) is 0 Å². The molecule has 12 unspecified atom stereocenters. The maximum absolute atomic E-state index is 8.49. The number of hydrogen-bond donors (Lipinski definition) is 0. The molecule has 8 bridgehead atoms. The van der Waals surface area contributed by atoms with Crippen molar-refractivity contribution in [3.8, 4) is 0 Å². The van der Waals surface area contributed by atoms with Crippen molar-refractivity contribution < 1.29 is 76.7 Å². The largest absolute Gasteiger partial charge is 0.421 e. The molecule has 0 spiro atoms. The number of aliphatic hydroxyl groups is 4. The lowest BCUT2D eigenvalue weighted by Crippen LogP contribution is -2.68. The van der Waals surface area contributed by atoms with Gasteiger partial charge in [0.25, 0.3) is 0 Å². The van der Waals surface area contributed by atoms with Gasteiger partial charge in [0.05, 0.1) is 12.2 Å². The Morgan fingerprint density at radius 3 is 0.980 bits per heavy atom. The quantitative estimate of drug-likeness (QED) is 0.205. The fraction of sp³-hybridized carbons (Fsp3) is 0.889. The first-order valence-corrected chi connectivity index (χ1v) is 21.3. The molecule has 14 heteroatoms. The third-order valence-corrected chi connectivity index (χ3v) is 12.1. The molecule has 0 aliphatic carbocycles. The molecule has 0 saturated carbocycles. The SMILES string of the molecule is CCC1=C(CC)C2[OH+]C1CCC1OC(C3[OH+]C(CCC4OC2C(CC)C4CC)C(CC)=C3CC)C(CC)C1CC.[O-][Cl+3]([O-])([O-])[O-].[O-][Cl+3]([O-])([O-])[O-]. The molecule has 0 aromatic heterocycles. The van der Waals surface area contributed by atoms with Gasteiger partial charge in [-0.3, -0.25) is 0 Å². The molecular weight excluding hydrogens is 695 g/mol. The van der Waals surface area contributed by atoms with E-state index in [1.807, 2.05) is 0 Å². The maximum atomic E-state index is 8.49. The van der Waals surface area contributed by atoms with Crippen LogP contribution < -0.4 is 37.3 Å². The minimum absolute atomic E-state index is 0.245. The van der Waals surface area contributed by atoms with Gasteiger partial charge < -0.3 is 18.9 Å². The van der Waals surface area contributed by atoms with Crippen molar-refractivity contribution in [3.05, 3.63) is 22.3 Å². The van der Waals surface area contributed by atoms with E-state index in [0.717, 1.165) is 51.4 Å². The average Bonchev–Trinajstić information content (AvgIpc) is 3.78. The van der Waals surface area contributed by atoms with Crippen molar-refractivity contribution in [3.63, 3.8) is 0 Å². The van der Waals surface area contributed by atoms with E-state index < -0.39 is 20.5 Å². The number of rotatable bonds is 8. The molecule has 5 aliphatic heterocycles. The summed E-state index contributed by atoms with van der Waals surface area (Å²) in [4.78, 5) is 0. The van der Waals surface area contributed by atoms with Gasteiger partial charge in [-0.15, -0.1) is 20.5 Å². The highest BCUT2D eigenvalue weighted by Crippen LogP contribution is 2.49. The van der Waals surface area contributed by atoms with E-state index in [9.17, 15) is 0 Å². The molecule has 292 valence electrons. The van der Waals surface area contributed by atoms with E-state index in [1.165, 1.54) is 25.7 Å². The summed E-state index contributed by atoms with van der Waals surface area (Å²) in [5.41, 5.74) is 6.47. The minimum Gasteiger partial charge on any atom is -0.421 e. The van der Waals surface area contributed by atoms with E-state index in [0.29, 0.717) is 48.1 Å². The smallest absolute Gasteiger partial charge is 0.204 e. The summed E-state index contributed by atoms with van der Waals surface area (Å²) in [5.74, 6) is 2.48. The molecular formula is C36H62Cl2O12. The lowest BCUT2D eigenvalue weighted by Gasteiger charge is -2.26. The molecule has 50 heavy (non-hydrogen) atoms. The Morgan fingerprint density at radius 1 is 0.460 bits per heavy atom. The van der Waals surface area contributed by atoms with E-state index >= 15 is 0 Å². The van der Waals surface area contributed by atoms with Gasteiger partial charge in [0, 0.05) is 35.1 Å². The van der Waals surface area contributed by atoms with E-state index in [4.69, 9.17) is 56.2 Å². The molecule has 12 atom stereocenters. The van der Waals surface area contributed by atoms with Gasteiger partial charge >= 0.3 is 0 Å². The molecule has 3 fully saturated rings. The molecule has 0 radical (unpaired) electrons. The van der Waals surface area contributed by atoms with Gasteiger partial charge in [-0.1, -0.05) is 81.1 Å². The lowest BCUT2D eigenvalue weighted by molar-refractivity contribution is -2.00. The van der Waals surface area contributed by atoms with E-state index in [-0.39, 0.29) is 24.4 Å². The predicted octanol–water partition coefficient (Wildman–Crippen LogP) is -1.52. The first-order chi connectivity index (χ1) is 23.5. The van der Waals surface area contributed by atoms with Gasteiger partial charge in [0.2, 0.25) is 12.2 Å². The topological polar surface area (TPSA) is 229 Å². The molecule has 0 aromatic rings. The molecule has 5 rings (SSSR count). The number of hydrogen-bond acceptors (Lipinski definition) is 10. The second-order valence-corrected chi connectivity index (χ2v) is 15.7. The van der Waals surface area contributed by atoms with Crippen LogP contribution in [-0.2, 0) is 9.47 Å². The second kappa shape index (κ2) is 19.3. The highest BCUT2D eigenvalue weighted by atomic mass is 35.7. The van der Waals surface area contributed by atoms with Crippen LogP contribution in [0.4, 0.5) is 0 Å². The normalized spacial score (nSPS) is 37.4. The molecule has 2 N–H and O–H groups in total. The van der Waals surface area contributed by atoms with Crippen molar-refractivity contribution in [2.24, 2.45) is 23.7 Å². The minimum atomic E-state index is -4.94. The zero-order valence-electron chi connectivity index (χ0n) is 31.1. The van der Waals surface area contributed by atoms with Gasteiger partial charge in [0.15, 0.2) is 12.2 Å². The van der Waals surface area contributed by atoms with E-state index in [2.05, 4.69) is 55.4 Å². The van der Waals surface area contributed by atoms with Crippen molar-refractivity contribution in [1.29, 1.82) is 0 Å². The van der Waals surface area contributed by atoms with Crippen LogP contribution in [-0.4, -0.2) is 58.3 Å². The van der Waals surface area contributed by atoms with E-state index in [1.54, 1.807) is 22.3 Å². The van der Waals surface area contributed by atoms with Gasteiger partial charge in [-0.25, -0.2) is 37.3 Å². The Balaban J connectivity index is 0.000000595. The Hall–Kier alpha value is -0.420. The maximum Gasteiger partial charge on any atom is 0.204 e. The van der Waals surface area contributed by atoms with Crippen LogP contribution in [0.15, 0.2) is 22.3 Å². The fourth-order valence-electron chi connectivity index (χ4n) is 10.3. The van der Waals surface area contributed by atoms with Crippen LogP contribution in [0.2, 0.25) is 0 Å². The summed E-state index contributed by atoms with van der Waals surface area (Å²) in [6.45, 7) is 19.0. The fourth-order valence-corrected chi connectivity index (χ4v) is 10.3. The first-order valence-electron chi connectivity index (χ1n) is 18.9. The van der Waals surface area contributed by atoms with Crippen molar-refractivity contribution >= 4 is 0 Å². The number of ether oxygens (including phenoxy) is 4. The molecule has 5 aliphatic rings. The average molecular weight is 758 g/mol. The van der Waals surface area contributed by atoms with Crippen LogP contribution in [0.3, 0.4) is 0 Å². The predicted molar refractivity (Wildman–Crippen MR) is 166 cm³/mol. The number of fused-ring (bicyclic) bond motifs is 10. The Morgan fingerprint density at radius 2 is 0.740 bits per heavy atom. The summed E-state index contributed by atoms with van der Waals surface area (Å²) >= 11 is 0. The summed E-state index contributed by atoms with van der Waals surface area (Å²) in [5, 5.41) is 0. The summed E-state index contributed by atoms with van der Waals surface area (Å²) < 4.78 is 93.6. The standard InChI is InChI=1S/C36H60O4.2ClHO4/c1-9-21-25(13-5)33-34-26(14-6)22(10-2)31(38-34)19-20-32-24(12-4)28(16-8)36(40-32)35-27(15-7)23(11-3)30(39-35)18-17-29(21)37-33;2*2-1(3,4)5/h21,24-25,28-36H,9-20H2,1-8H3;2*(H,2,3,4,5). The summed E-state index contributed by atoms with van der Waals surface area (Å²) in [6.07, 6.45) is 16.1. The zero-order chi connectivity index (χ0) is 37.6. The molecule has 0 aromatic carbocycles. The highest BCUT2D eigenvalue weighted by Gasteiger charge is 2.56. The Bertz CT molecular complexity index is 1020. The third kappa shape index (κ3) is 10.8. The Labute approximate surface area is 303 Å². The molecule has 12 nitrogen and oxygen atoms in total. The van der Waals surface area contributed by atoms with Gasteiger partial charge in [-0.2, -0.15) is 0 Å². The number of halogens is 2. The van der Waals surface area contributed by atoms with Crippen LogP contribution >= 0.6 is 0 Å².